The van der Waals surface area contributed by atoms with Gasteiger partial charge in [-0.25, -0.2) is 0 Å². The molecule has 2 nitrogen and oxygen atoms in total. The fourth-order valence-electron chi connectivity index (χ4n) is 1.02. The van der Waals surface area contributed by atoms with E-state index in [1.807, 2.05) is 7.05 Å². The maximum absolute atomic E-state index is 3.26. The highest BCUT2D eigenvalue weighted by Gasteiger charge is 2.19. The molecule has 0 heterocycles. The highest BCUT2D eigenvalue weighted by atomic mass is 15.1. The fourth-order valence-corrected chi connectivity index (χ4v) is 1.02. The summed E-state index contributed by atoms with van der Waals surface area (Å²) in [5.41, 5.74) is 1.61. The molecule has 0 atom stereocenters. The molecule has 0 bridgehead atoms. The van der Waals surface area contributed by atoms with Gasteiger partial charge in [0.15, 0.2) is 0 Å². The van der Waals surface area contributed by atoms with Crippen LogP contribution < -0.4 is 5.32 Å². The van der Waals surface area contributed by atoms with E-state index >= 15 is 0 Å². The Morgan fingerprint density at radius 2 is 1.50 bits per heavy atom. The molecule has 0 unspecified atom stereocenters. The van der Waals surface area contributed by atoms with Gasteiger partial charge in [-0.1, -0.05) is 20.8 Å². The second-order valence-corrected chi connectivity index (χ2v) is 5.82. The van der Waals surface area contributed by atoms with Gasteiger partial charge < -0.3 is 10.2 Å². The Morgan fingerprint density at radius 1 is 1.07 bits per heavy atom. The first-order valence-electron chi connectivity index (χ1n) is 5.22. The quantitative estimate of drug-likeness (QED) is 0.734. The summed E-state index contributed by atoms with van der Waals surface area (Å²) in [6.07, 6.45) is 2.19. The van der Waals surface area contributed by atoms with E-state index in [0.29, 0.717) is 0 Å². The van der Waals surface area contributed by atoms with Crippen LogP contribution in [0.1, 0.15) is 41.5 Å². The first-order valence-corrected chi connectivity index (χ1v) is 5.22. The SMILES string of the molecule is CN/C(=C\N(C)C(C)(C)C)C(C)(C)C. The van der Waals surface area contributed by atoms with Crippen LogP contribution in [0.4, 0.5) is 0 Å². The van der Waals surface area contributed by atoms with Crippen molar-refractivity contribution in [3.63, 3.8) is 0 Å². The van der Waals surface area contributed by atoms with Crippen molar-refractivity contribution < 1.29 is 0 Å². The molecule has 0 saturated heterocycles. The number of rotatable bonds is 2. The summed E-state index contributed by atoms with van der Waals surface area (Å²) >= 11 is 0. The molecule has 0 aromatic heterocycles. The molecule has 0 fully saturated rings. The zero-order valence-corrected chi connectivity index (χ0v) is 11.0. The number of allylic oxidation sites excluding steroid dienone is 1. The third kappa shape index (κ3) is 4.03. The van der Waals surface area contributed by atoms with Gasteiger partial charge in [0, 0.05) is 36.9 Å². The van der Waals surface area contributed by atoms with Gasteiger partial charge in [0.05, 0.1) is 0 Å². The van der Waals surface area contributed by atoms with Gasteiger partial charge in [0.25, 0.3) is 0 Å². The molecule has 2 heteroatoms. The van der Waals surface area contributed by atoms with E-state index in [9.17, 15) is 0 Å². The second kappa shape index (κ2) is 4.24. The van der Waals surface area contributed by atoms with E-state index in [4.69, 9.17) is 0 Å². The lowest BCUT2D eigenvalue weighted by molar-refractivity contribution is 0.242. The summed E-state index contributed by atoms with van der Waals surface area (Å²) in [4.78, 5) is 2.24. The van der Waals surface area contributed by atoms with Crippen LogP contribution in [-0.4, -0.2) is 24.5 Å². The molecule has 0 amide bonds. The summed E-state index contributed by atoms with van der Waals surface area (Å²) < 4.78 is 0. The third-order valence-corrected chi connectivity index (χ3v) is 2.46. The van der Waals surface area contributed by atoms with Gasteiger partial charge in [-0.2, -0.15) is 0 Å². The van der Waals surface area contributed by atoms with Crippen LogP contribution in [-0.2, 0) is 0 Å². The lowest BCUT2D eigenvalue weighted by Gasteiger charge is -2.34. The van der Waals surface area contributed by atoms with Gasteiger partial charge in [-0.05, 0) is 20.8 Å². The minimum Gasteiger partial charge on any atom is -0.390 e. The molecule has 0 aromatic rings. The summed E-state index contributed by atoms with van der Waals surface area (Å²) in [6.45, 7) is 13.3. The first-order chi connectivity index (χ1) is 6.09. The Bertz CT molecular complexity index is 203. The average molecular weight is 198 g/mol. The average Bonchev–Trinajstić information content (AvgIpc) is 1.95. The van der Waals surface area contributed by atoms with Gasteiger partial charge in [-0.3, -0.25) is 0 Å². The van der Waals surface area contributed by atoms with Crippen molar-refractivity contribution in [3.05, 3.63) is 11.9 Å². The summed E-state index contributed by atoms with van der Waals surface area (Å²) in [7, 11) is 4.09. The summed E-state index contributed by atoms with van der Waals surface area (Å²) in [5.74, 6) is 0. The molecule has 0 aromatic carbocycles. The Labute approximate surface area is 89.4 Å². The molecule has 1 N–H and O–H groups in total. The van der Waals surface area contributed by atoms with Gasteiger partial charge >= 0.3 is 0 Å². The zero-order valence-electron chi connectivity index (χ0n) is 11.0. The minimum absolute atomic E-state index is 0.174. The van der Waals surface area contributed by atoms with Gasteiger partial charge in [-0.15, -0.1) is 0 Å². The van der Waals surface area contributed by atoms with Crippen LogP contribution in [0.2, 0.25) is 0 Å². The Morgan fingerprint density at radius 3 is 1.71 bits per heavy atom. The predicted octanol–water partition coefficient (Wildman–Crippen LogP) is 2.82. The number of nitrogens with zero attached hydrogens (tertiary/aromatic N) is 1. The second-order valence-electron chi connectivity index (χ2n) is 5.82. The van der Waals surface area contributed by atoms with E-state index in [1.54, 1.807) is 0 Å². The first kappa shape index (κ1) is 13.3. The van der Waals surface area contributed by atoms with Crippen LogP contribution in [0, 0.1) is 5.41 Å². The van der Waals surface area contributed by atoms with E-state index in [-0.39, 0.29) is 11.0 Å². The third-order valence-electron chi connectivity index (χ3n) is 2.46. The molecule has 0 saturated carbocycles. The van der Waals surface area contributed by atoms with Crippen LogP contribution in [0.15, 0.2) is 11.9 Å². The van der Waals surface area contributed by atoms with Crippen molar-refractivity contribution in [2.24, 2.45) is 5.41 Å². The van der Waals surface area contributed by atoms with E-state index < -0.39 is 0 Å². The Kier molecular flexibility index (Phi) is 4.04. The molecule has 0 radical (unpaired) electrons. The Hall–Kier alpha value is -0.660. The van der Waals surface area contributed by atoms with Crippen LogP contribution >= 0.6 is 0 Å². The van der Waals surface area contributed by atoms with Crippen LogP contribution in [0.25, 0.3) is 0 Å². The lowest BCUT2D eigenvalue weighted by Crippen LogP contribution is -2.36. The summed E-state index contributed by atoms with van der Waals surface area (Å²) in [5, 5.41) is 3.26. The van der Waals surface area contributed by atoms with E-state index in [1.165, 1.54) is 5.70 Å². The molecule has 0 aliphatic carbocycles. The van der Waals surface area contributed by atoms with Gasteiger partial charge in [0.2, 0.25) is 0 Å². The van der Waals surface area contributed by atoms with Crippen molar-refractivity contribution in [3.8, 4) is 0 Å². The standard InChI is InChI=1S/C12H26N2/c1-11(2,3)10(13-7)9-14(8)12(4,5)6/h9,13H,1-8H3/b10-9-. The highest BCUT2D eigenvalue weighted by molar-refractivity contribution is 5.08. The van der Waals surface area contributed by atoms with E-state index in [0.717, 1.165) is 0 Å². The molecule has 0 rings (SSSR count). The lowest BCUT2D eigenvalue weighted by atomic mass is 9.92. The molecule has 84 valence electrons. The van der Waals surface area contributed by atoms with Crippen molar-refractivity contribution >= 4 is 0 Å². The smallest absolute Gasteiger partial charge is 0.0320 e. The Balaban J connectivity index is 4.79. The normalized spacial score (nSPS) is 14.1. The largest absolute Gasteiger partial charge is 0.390 e. The maximum Gasteiger partial charge on any atom is 0.0320 e. The van der Waals surface area contributed by atoms with Crippen molar-refractivity contribution in [2.75, 3.05) is 14.1 Å². The number of nitrogens with one attached hydrogen (secondary N) is 1. The highest BCUT2D eigenvalue weighted by Crippen LogP contribution is 2.24. The molecule has 0 aliphatic heterocycles. The zero-order chi connectivity index (χ0) is 11.6. The molecule has 0 spiro atoms. The monoisotopic (exact) mass is 198 g/mol. The maximum atomic E-state index is 3.26. The molecule has 14 heavy (non-hydrogen) atoms. The molecular weight excluding hydrogens is 172 g/mol. The van der Waals surface area contributed by atoms with Crippen LogP contribution in [0.3, 0.4) is 0 Å². The molecule has 0 aliphatic rings. The minimum atomic E-state index is 0.174. The topological polar surface area (TPSA) is 15.3 Å². The summed E-state index contributed by atoms with van der Waals surface area (Å²) in [6, 6.07) is 0. The van der Waals surface area contributed by atoms with E-state index in [2.05, 4.69) is 65.0 Å². The van der Waals surface area contributed by atoms with Crippen molar-refractivity contribution in [2.45, 2.75) is 47.1 Å². The molecular formula is C12H26N2. The van der Waals surface area contributed by atoms with Crippen molar-refractivity contribution in [1.82, 2.24) is 10.2 Å². The fraction of sp³-hybridized carbons (Fsp3) is 0.833. The predicted molar refractivity (Wildman–Crippen MR) is 64.1 cm³/mol. The van der Waals surface area contributed by atoms with Crippen molar-refractivity contribution in [1.29, 1.82) is 0 Å². The van der Waals surface area contributed by atoms with Crippen LogP contribution in [0.5, 0.6) is 0 Å². The van der Waals surface area contributed by atoms with Gasteiger partial charge in [0.1, 0.15) is 0 Å². The number of hydrogen-bond acceptors (Lipinski definition) is 2. The number of hydrogen-bond donors (Lipinski definition) is 1.